The van der Waals surface area contributed by atoms with Crippen molar-refractivity contribution in [3.8, 4) is 0 Å². The van der Waals surface area contributed by atoms with Crippen molar-refractivity contribution in [2.45, 2.75) is 34.6 Å². The Labute approximate surface area is 110 Å². The van der Waals surface area contributed by atoms with E-state index >= 15 is 0 Å². The molecule has 0 amide bonds. The molecule has 1 aromatic rings. The van der Waals surface area contributed by atoms with Crippen LogP contribution in [0.25, 0.3) is 0 Å². The molecule has 0 heterocycles. The molecule has 0 fully saturated rings. The largest absolute Gasteiger partial charge is 0.369 e. The van der Waals surface area contributed by atoms with Gasteiger partial charge in [0.2, 0.25) is 0 Å². The number of nitrogens with zero attached hydrogens (tertiary/aromatic N) is 2. The fourth-order valence-electron chi connectivity index (χ4n) is 2.06. The van der Waals surface area contributed by atoms with E-state index in [1.54, 1.807) is 13.3 Å². The van der Waals surface area contributed by atoms with Crippen molar-refractivity contribution in [1.29, 1.82) is 0 Å². The molecule has 0 aliphatic heterocycles. The standard InChI is InChI=1S/C15H22N2O/c1-9-10(2)12(4)15(16-8-17(6)7)14(11(9)3)13(5)18/h8H,1-7H3. The van der Waals surface area contributed by atoms with E-state index in [0.717, 1.165) is 22.4 Å². The van der Waals surface area contributed by atoms with Crippen LogP contribution in [0.3, 0.4) is 0 Å². The van der Waals surface area contributed by atoms with Gasteiger partial charge in [0.1, 0.15) is 0 Å². The van der Waals surface area contributed by atoms with Crippen LogP contribution < -0.4 is 0 Å². The van der Waals surface area contributed by atoms with Gasteiger partial charge in [-0.3, -0.25) is 4.79 Å². The predicted molar refractivity (Wildman–Crippen MR) is 77.2 cm³/mol. The number of benzene rings is 1. The second-order valence-electron chi connectivity index (χ2n) is 4.99. The molecule has 0 saturated carbocycles. The van der Waals surface area contributed by atoms with Crippen LogP contribution in [0.4, 0.5) is 5.69 Å². The Morgan fingerprint density at radius 1 is 1.00 bits per heavy atom. The molecule has 98 valence electrons. The highest BCUT2D eigenvalue weighted by atomic mass is 16.1. The van der Waals surface area contributed by atoms with Gasteiger partial charge in [-0.15, -0.1) is 0 Å². The molecule has 1 aromatic carbocycles. The maximum absolute atomic E-state index is 11.9. The number of carbonyl (C=O) groups excluding carboxylic acids is 1. The van der Waals surface area contributed by atoms with Gasteiger partial charge in [-0.25, -0.2) is 4.99 Å². The Bertz CT molecular complexity index is 514. The summed E-state index contributed by atoms with van der Waals surface area (Å²) in [5.41, 5.74) is 6.06. The van der Waals surface area contributed by atoms with E-state index in [0.29, 0.717) is 0 Å². The maximum atomic E-state index is 11.9. The van der Waals surface area contributed by atoms with Crippen LogP contribution in [0.5, 0.6) is 0 Å². The number of hydrogen-bond acceptors (Lipinski definition) is 2. The first-order chi connectivity index (χ1) is 8.27. The molecule has 0 saturated heterocycles. The molecule has 0 aromatic heterocycles. The Hall–Kier alpha value is -1.64. The molecule has 3 nitrogen and oxygen atoms in total. The molecular weight excluding hydrogens is 224 g/mol. The molecule has 0 aliphatic carbocycles. The molecule has 18 heavy (non-hydrogen) atoms. The van der Waals surface area contributed by atoms with Crippen molar-refractivity contribution in [3.63, 3.8) is 0 Å². The zero-order valence-electron chi connectivity index (χ0n) is 12.4. The molecule has 1 rings (SSSR count). The molecule has 0 unspecified atom stereocenters. The van der Waals surface area contributed by atoms with Crippen molar-refractivity contribution in [1.82, 2.24) is 4.90 Å². The fourth-order valence-corrected chi connectivity index (χ4v) is 2.06. The van der Waals surface area contributed by atoms with E-state index < -0.39 is 0 Å². The van der Waals surface area contributed by atoms with E-state index in [9.17, 15) is 4.79 Å². The minimum absolute atomic E-state index is 0.0737. The quantitative estimate of drug-likeness (QED) is 0.465. The van der Waals surface area contributed by atoms with Crippen molar-refractivity contribution in [3.05, 3.63) is 27.8 Å². The smallest absolute Gasteiger partial charge is 0.162 e. The second kappa shape index (κ2) is 5.34. The number of rotatable bonds is 3. The Balaban J connectivity index is 3.61. The number of ketones is 1. The van der Waals surface area contributed by atoms with Gasteiger partial charge in [0, 0.05) is 19.7 Å². The Kier molecular flexibility index (Phi) is 4.28. The molecule has 0 radical (unpaired) electrons. The SMILES string of the molecule is CC(=O)c1c(C)c(C)c(C)c(C)c1N=CN(C)C. The highest BCUT2D eigenvalue weighted by Gasteiger charge is 2.17. The number of aliphatic imine (C=N–C) groups is 1. The lowest BCUT2D eigenvalue weighted by Gasteiger charge is -2.17. The molecule has 3 heteroatoms. The molecule has 0 aliphatic rings. The average Bonchev–Trinajstić information content (AvgIpc) is 2.28. The van der Waals surface area contributed by atoms with Crippen LogP contribution in [0.1, 0.15) is 39.5 Å². The summed E-state index contributed by atoms with van der Waals surface area (Å²) in [5.74, 6) is 0.0737. The molecule has 0 spiro atoms. The summed E-state index contributed by atoms with van der Waals surface area (Å²) in [4.78, 5) is 18.2. The molecular formula is C15H22N2O. The third-order valence-electron chi connectivity index (χ3n) is 3.42. The van der Waals surface area contributed by atoms with Crippen LogP contribution in [-0.2, 0) is 0 Å². The molecule has 0 bridgehead atoms. The van der Waals surface area contributed by atoms with E-state index in [4.69, 9.17) is 0 Å². The first-order valence-corrected chi connectivity index (χ1v) is 6.09. The zero-order chi connectivity index (χ0) is 14.0. The van der Waals surface area contributed by atoms with Crippen LogP contribution in [0.15, 0.2) is 4.99 Å². The van der Waals surface area contributed by atoms with Gasteiger partial charge in [0.15, 0.2) is 5.78 Å². The monoisotopic (exact) mass is 246 g/mol. The minimum atomic E-state index is 0.0737. The topological polar surface area (TPSA) is 32.7 Å². The van der Waals surface area contributed by atoms with E-state index in [1.165, 1.54) is 11.1 Å². The Morgan fingerprint density at radius 3 is 1.94 bits per heavy atom. The van der Waals surface area contributed by atoms with Gasteiger partial charge >= 0.3 is 0 Å². The highest BCUT2D eigenvalue weighted by molar-refractivity contribution is 6.02. The molecule has 0 atom stereocenters. The number of carbonyl (C=O) groups is 1. The van der Waals surface area contributed by atoms with E-state index in [2.05, 4.69) is 18.8 Å². The number of hydrogen-bond donors (Lipinski definition) is 0. The van der Waals surface area contributed by atoms with E-state index in [-0.39, 0.29) is 5.78 Å². The first kappa shape index (κ1) is 14.4. The van der Waals surface area contributed by atoms with Gasteiger partial charge in [-0.1, -0.05) is 0 Å². The third kappa shape index (κ3) is 2.61. The lowest BCUT2D eigenvalue weighted by molar-refractivity contribution is 0.101. The van der Waals surface area contributed by atoms with Gasteiger partial charge in [0.25, 0.3) is 0 Å². The normalized spacial score (nSPS) is 11.1. The fraction of sp³-hybridized carbons (Fsp3) is 0.467. The summed E-state index contributed by atoms with van der Waals surface area (Å²) < 4.78 is 0. The summed E-state index contributed by atoms with van der Waals surface area (Å²) in [5, 5.41) is 0. The van der Waals surface area contributed by atoms with E-state index in [1.807, 2.05) is 32.8 Å². The summed E-state index contributed by atoms with van der Waals surface area (Å²) in [6.07, 6.45) is 1.74. The minimum Gasteiger partial charge on any atom is -0.369 e. The van der Waals surface area contributed by atoms with Crippen molar-refractivity contribution in [2.24, 2.45) is 4.99 Å². The van der Waals surface area contributed by atoms with Gasteiger partial charge < -0.3 is 4.90 Å². The maximum Gasteiger partial charge on any atom is 0.162 e. The van der Waals surface area contributed by atoms with Crippen molar-refractivity contribution >= 4 is 17.8 Å². The van der Waals surface area contributed by atoms with Gasteiger partial charge in [-0.2, -0.15) is 0 Å². The van der Waals surface area contributed by atoms with Crippen LogP contribution in [0.2, 0.25) is 0 Å². The average molecular weight is 246 g/mol. The Morgan fingerprint density at radius 2 is 1.50 bits per heavy atom. The zero-order valence-corrected chi connectivity index (χ0v) is 12.4. The second-order valence-corrected chi connectivity index (χ2v) is 4.99. The third-order valence-corrected chi connectivity index (χ3v) is 3.42. The summed E-state index contributed by atoms with van der Waals surface area (Å²) >= 11 is 0. The summed E-state index contributed by atoms with van der Waals surface area (Å²) in [6.45, 7) is 9.76. The van der Waals surface area contributed by atoms with Gasteiger partial charge in [-0.05, 0) is 56.9 Å². The lowest BCUT2D eigenvalue weighted by atomic mass is 9.91. The first-order valence-electron chi connectivity index (χ1n) is 6.09. The van der Waals surface area contributed by atoms with Crippen LogP contribution in [-0.4, -0.2) is 31.1 Å². The van der Waals surface area contributed by atoms with Gasteiger partial charge in [0.05, 0.1) is 12.0 Å². The van der Waals surface area contributed by atoms with Crippen LogP contribution >= 0.6 is 0 Å². The lowest BCUT2D eigenvalue weighted by Crippen LogP contribution is -2.09. The summed E-state index contributed by atoms with van der Waals surface area (Å²) in [7, 11) is 3.83. The summed E-state index contributed by atoms with van der Waals surface area (Å²) in [6, 6.07) is 0. The van der Waals surface area contributed by atoms with Crippen molar-refractivity contribution < 1.29 is 4.79 Å². The van der Waals surface area contributed by atoms with Crippen LogP contribution in [0, 0.1) is 27.7 Å². The molecule has 0 N–H and O–H groups in total. The van der Waals surface area contributed by atoms with Crippen molar-refractivity contribution in [2.75, 3.05) is 14.1 Å². The number of Topliss-reactive ketones (excluding diaryl/α,β-unsaturated/α-hetero) is 1. The highest BCUT2D eigenvalue weighted by Crippen LogP contribution is 2.33. The predicted octanol–water partition coefficient (Wildman–Crippen LogP) is 3.34.